The molecule has 1 saturated carbocycles. The maximum Gasteiger partial charge on any atom is 0.134 e. The highest BCUT2D eigenvalue weighted by atomic mass is 16.3. The minimum atomic E-state index is 0. The van der Waals surface area contributed by atoms with E-state index in [9.17, 15) is 0 Å². The van der Waals surface area contributed by atoms with Crippen molar-refractivity contribution in [3.05, 3.63) is 35.6 Å². The number of rotatable bonds is 1. The molecule has 6 rings (SSSR count). The van der Waals surface area contributed by atoms with Gasteiger partial charge < -0.3 is 4.42 Å². The fourth-order valence-corrected chi connectivity index (χ4v) is 5.49. The fourth-order valence-electron chi connectivity index (χ4n) is 5.49. The maximum absolute atomic E-state index is 6.38. The first-order chi connectivity index (χ1) is 10.3. The van der Waals surface area contributed by atoms with Crippen LogP contribution in [-0.4, -0.2) is 24.0 Å². The summed E-state index contributed by atoms with van der Waals surface area (Å²) in [5.41, 5.74) is 2.62. The van der Waals surface area contributed by atoms with Crippen molar-refractivity contribution in [2.24, 2.45) is 11.8 Å². The Labute approximate surface area is 133 Å². The summed E-state index contributed by atoms with van der Waals surface area (Å²) in [7, 11) is 0. The average Bonchev–Trinajstić information content (AvgIpc) is 2.86. The lowest BCUT2D eigenvalue weighted by Gasteiger charge is -2.52. The van der Waals surface area contributed by atoms with E-state index in [0.29, 0.717) is 5.92 Å². The van der Waals surface area contributed by atoms with Crippen molar-refractivity contribution in [1.82, 2.24) is 4.90 Å². The fraction of sp³-hybridized carbons (Fsp3) is 0.600. The molecule has 0 spiro atoms. The van der Waals surface area contributed by atoms with Gasteiger partial charge in [0, 0.05) is 36.0 Å². The van der Waals surface area contributed by atoms with Crippen LogP contribution in [0.25, 0.3) is 11.0 Å². The number of benzene rings is 1. The predicted octanol–water partition coefficient (Wildman–Crippen LogP) is 4.83. The van der Waals surface area contributed by atoms with Gasteiger partial charge in [0.1, 0.15) is 11.3 Å². The predicted molar refractivity (Wildman–Crippen MR) is 91.3 cm³/mol. The topological polar surface area (TPSA) is 16.4 Å². The van der Waals surface area contributed by atoms with E-state index in [1.165, 1.54) is 55.5 Å². The summed E-state index contributed by atoms with van der Waals surface area (Å²) in [5, 5.41) is 1.37. The number of hydrogen-bond donors (Lipinski definition) is 0. The number of para-hydroxylation sites is 1. The van der Waals surface area contributed by atoms with Crippen LogP contribution in [0.2, 0.25) is 0 Å². The third kappa shape index (κ3) is 1.83. The van der Waals surface area contributed by atoms with E-state index in [2.05, 4.69) is 36.1 Å². The van der Waals surface area contributed by atoms with Gasteiger partial charge in [-0.1, -0.05) is 39.0 Å². The van der Waals surface area contributed by atoms with Crippen molar-refractivity contribution >= 4 is 11.0 Å². The Hall–Kier alpha value is -1.28. The van der Waals surface area contributed by atoms with Crippen LogP contribution >= 0.6 is 0 Å². The molecule has 3 aliphatic heterocycles. The monoisotopic (exact) mass is 297 g/mol. The van der Waals surface area contributed by atoms with Crippen molar-refractivity contribution in [2.75, 3.05) is 13.1 Å². The van der Waals surface area contributed by atoms with Crippen LogP contribution in [0.15, 0.2) is 28.7 Å². The summed E-state index contributed by atoms with van der Waals surface area (Å²) in [4.78, 5) is 2.79. The van der Waals surface area contributed by atoms with Crippen molar-refractivity contribution in [1.29, 1.82) is 0 Å². The number of nitrogens with zero attached hydrogens (tertiary/aromatic N) is 1. The number of fused-ring (bicyclic) bond motifs is 4. The molecule has 118 valence electrons. The van der Waals surface area contributed by atoms with Gasteiger partial charge in [-0.2, -0.15) is 0 Å². The van der Waals surface area contributed by atoms with Crippen LogP contribution in [0, 0.1) is 11.8 Å². The molecular weight excluding hydrogens is 270 g/mol. The molecule has 2 nitrogen and oxygen atoms in total. The highest BCUT2D eigenvalue weighted by molar-refractivity contribution is 5.82. The SMILES string of the molecule is C.CCC1CC2CC3c4oc5ccccc5c4CCN(C2)C13. The summed E-state index contributed by atoms with van der Waals surface area (Å²) in [6, 6.07) is 9.37. The minimum absolute atomic E-state index is 0. The van der Waals surface area contributed by atoms with E-state index < -0.39 is 0 Å². The van der Waals surface area contributed by atoms with Gasteiger partial charge in [0.05, 0.1) is 0 Å². The number of piperidine rings is 2. The summed E-state index contributed by atoms with van der Waals surface area (Å²) in [6.07, 6.45) is 5.29. The molecule has 1 aliphatic carbocycles. The molecule has 2 saturated heterocycles. The van der Waals surface area contributed by atoms with Gasteiger partial charge in [0.2, 0.25) is 0 Å². The molecule has 4 bridgehead atoms. The van der Waals surface area contributed by atoms with Gasteiger partial charge in [-0.15, -0.1) is 0 Å². The highest BCUT2D eigenvalue weighted by Gasteiger charge is 2.49. The minimum Gasteiger partial charge on any atom is -0.460 e. The smallest absolute Gasteiger partial charge is 0.134 e. The third-order valence-corrected chi connectivity index (χ3v) is 6.27. The summed E-state index contributed by atoms with van der Waals surface area (Å²) in [6.45, 7) is 4.93. The molecule has 2 heteroatoms. The zero-order valence-electron chi connectivity index (χ0n) is 12.7. The molecule has 0 amide bonds. The molecule has 0 radical (unpaired) electrons. The standard InChI is InChI=1S/C19H23NO.CH4/c1-2-13-9-12-10-16-18(13)20(11-12)8-7-15-14-5-3-4-6-17(14)21-19(15)16;/h3-6,12-13,16,18H,2,7-11H2,1H3;1H4. The van der Waals surface area contributed by atoms with E-state index in [-0.39, 0.29) is 7.43 Å². The zero-order valence-corrected chi connectivity index (χ0v) is 12.7. The molecule has 0 N–H and O–H groups in total. The van der Waals surface area contributed by atoms with E-state index in [1.54, 1.807) is 0 Å². The van der Waals surface area contributed by atoms with Gasteiger partial charge in [-0.25, -0.2) is 0 Å². The second-order valence-corrected chi connectivity index (χ2v) is 7.29. The highest BCUT2D eigenvalue weighted by Crippen LogP contribution is 2.51. The molecule has 5 unspecified atom stereocenters. The first kappa shape index (κ1) is 14.3. The van der Waals surface area contributed by atoms with Crippen LogP contribution in [0.4, 0.5) is 0 Å². The summed E-state index contributed by atoms with van der Waals surface area (Å²) in [5.74, 6) is 3.75. The molecule has 1 aromatic heterocycles. The largest absolute Gasteiger partial charge is 0.460 e. The second kappa shape index (κ2) is 5.13. The van der Waals surface area contributed by atoms with Crippen molar-refractivity contribution in [3.63, 3.8) is 0 Å². The van der Waals surface area contributed by atoms with Gasteiger partial charge >= 0.3 is 0 Å². The Bertz CT molecular complexity index is 688. The van der Waals surface area contributed by atoms with Gasteiger partial charge in [0.15, 0.2) is 0 Å². The quantitative estimate of drug-likeness (QED) is 0.749. The summed E-state index contributed by atoms with van der Waals surface area (Å²) >= 11 is 0. The number of hydrogen-bond acceptors (Lipinski definition) is 2. The molecule has 22 heavy (non-hydrogen) atoms. The molecule has 5 atom stereocenters. The Morgan fingerprint density at radius 1 is 1.23 bits per heavy atom. The Kier molecular flexibility index (Phi) is 3.34. The molecular formula is C20H27NO. The lowest BCUT2D eigenvalue weighted by Crippen LogP contribution is -2.56. The lowest BCUT2D eigenvalue weighted by atomic mass is 9.65. The second-order valence-electron chi connectivity index (χ2n) is 7.29. The van der Waals surface area contributed by atoms with E-state index in [4.69, 9.17) is 4.42 Å². The summed E-state index contributed by atoms with van der Waals surface area (Å²) < 4.78 is 6.38. The Morgan fingerprint density at radius 2 is 2.09 bits per heavy atom. The van der Waals surface area contributed by atoms with Crippen LogP contribution < -0.4 is 0 Å². The van der Waals surface area contributed by atoms with Crippen molar-refractivity contribution in [3.8, 4) is 0 Å². The van der Waals surface area contributed by atoms with Crippen LogP contribution in [0.1, 0.15) is 50.9 Å². The molecule has 2 aromatic rings. The first-order valence-electron chi connectivity index (χ1n) is 8.59. The van der Waals surface area contributed by atoms with Crippen LogP contribution in [0.5, 0.6) is 0 Å². The van der Waals surface area contributed by atoms with E-state index >= 15 is 0 Å². The zero-order chi connectivity index (χ0) is 14.0. The molecule has 3 fully saturated rings. The number of furan rings is 1. The van der Waals surface area contributed by atoms with Gasteiger partial charge in [-0.05, 0) is 37.2 Å². The third-order valence-electron chi connectivity index (χ3n) is 6.27. The Morgan fingerprint density at radius 3 is 2.95 bits per heavy atom. The normalized spacial score (nSPS) is 35.8. The lowest BCUT2D eigenvalue weighted by molar-refractivity contribution is -0.0169. The average molecular weight is 297 g/mol. The maximum atomic E-state index is 6.38. The molecule has 4 heterocycles. The van der Waals surface area contributed by atoms with Gasteiger partial charge in [-0.3, -0.25) is 4.90 Å². The first-order valence-corrected chi connectivity index (χ1v) is 8.59. The van der Waals surface area contributed by atoms with Gasteiger partial charge in [0.25, 0.3) is 0 Å². The van der Waals surface area contributed by atoms with Crippen LogP contribution in [0.3, 0.4) is 0 Å². The molecule has 4 aliphatic rings. The molecule has 1 aromatic carbocycles. The Balaban J connectivity index is 0.00000125. The van der Waals surface area contributed by atoms with Crippen LogP contribution in [-0.2, 0) is 6.42 Å². The van der Waals surface area contributed by atoms with Crippen molar-refractivity contribution < 1.29 is 4.42 Å². The van der Waals surface area contributed by atoms with E-state index in [0.717, 1.165) is 23.5 Å². The van der Waals surface area contributed by atoms with E-state index in [1.807, 2.05) is 0 Å². The van der Waals surface area contributed by atoms with Crippen molar-refractivity contribution in [2.45, 2.75) is 52.0 Å².